The van der Waals surface area contributed by atoms with Crippen molar-refractivity contribution >= 4 is 11.7 Å². The molecule has 1 N–H and O–H groups in total. The second-order valence-corrected chi connectivity index (χ2v) is 5.27. The van der Waals surface area contributed by atoms with Gasteiger partial charge in [-0.05, 0) is 43.9 Å². The third-order valence-electron chi connectivity index (χ3n) is 3.75. The van der Waals surface area contributed by atoms with E-state index in [0.29, 0.717) is 17.1 Å². The fourth-order valence-corrected chi connectivity index (χ4v) is 2.60. The zero-order valence-corrected chi connectivity index (χ0v) is 11.9. The molecule has 0 spiro atoms. The highest BCUT2D eigenvalue weighted by Crippen LogP contribution is 2.33. The fraction of sp³-hybridized carbons (Fsp3) is 0.312. The predicted octanol–water partition coefficient (Wildman–Crippen LogP) is 3.44. The molecule has 1 aromatic carbocycles. The van der Waals surface area contributed by atoms with Crippen LogP contribution in [-0.4, -0.2) is 27.0 Å². The van der Waals surface area contributed by atoms with E-state index in [2.05, 4.69) is 9.94 Å². The SMILES string of the molecule is [C-]#[N+]c1cc(-n2cc(C(=O)O)cn2)ccc1OC1CCCC1. The Morgan fingerprint density at radius 3 is 2.82 bits per heavy atom. The summed E-state index contributed by atoms with van der Waals surface area (Å²) in [5.74, 6) is -0.450. The summed E-state index contributed by atoms with van der Waals surface area (Å²) >= 11 is 0. The van der Waals surface area contributed by atoms with Crippen LogP contribution in [0.4, 0.5) is 5.69 Å². The summed E-state index contributed by atoms with van der Waals surface area (Å²) < 4.78 is 7.34. The molecule has 1 saturated carbocycles. The number of nitrogens with zero attached hydrogens (tertiary/aromatic N) is 3. The van der Waals surface area contributed by atoms with E-state index in [1.54, 1.807) is 18.2 Å². The van der Waals surface area contributed by atoms with Crippen LogP contribution in [0.15, 0.2) is 30.6 Å². The van der Waals surface area contributed by atoms with Gasteiger partial charge in [0.2, 0.25) is 5.69 Å². The largest absolute Gasteiger partial charge is 0.501 e. The van der Waals surface area contributed by atoms with E-state index in [-0.39, 0.29) is 11.7 Å². The Labute approximate surface area is 127 Å². The number of rotatable bonds is 4. The third kappa shape index (κ3) is 2.79. The quantitative estimate of drug-likeness (QED) is 0.878. The Morgan fingerprint density at radius 1 is 1.41 bits per heavy atom. The van der Waals surface area contributed by atoms with Crippen LogP contribution in [-0.2, 0) is 0 Å². The molecule has 0 atom stereocenters. The van der Waals surface area contributed by atoms with E-state index in [4.69, 9.17) is 16.4 Å². The lowest BCUT2D eigenvalue weighted by Crippen LogP contribution is -2.10. The van der Waals surface area contributed by atoms with Crippen molar-refractivity contribution < 1.29 is 14.6 Å². The third-order valence-corrected chi connectivity index (χ3v) is 3.75. The molecule has 0 bridgehead atoms. The number of carboxylic acid groups (broad SMARTS) is 1. The van der Waals surface area contributed by atoms with Gasteiger partial charge in [-0.2, -0.15) is 5.10 Å². The number of aromatic nitrogens is 2. The van der Waals surface area contributed by atoms with E-state index >= 15 is 0 Å². The minimum atomic E-state index is -1.03. The molecule has 1 heterocycles. The first kappa shape index (κ1) is 14.1. The van der Waals surface area contributed by atoms with Gasteiger partial charge in [-0.1, -0.05) is 0 Å². The summed E-state index contributed by atoms with van der Waals surface area (Å²) in [5.41, 5.74) is 1.16. The molecule has 2 aromatic rings. The fourth-order valence-electron chi connectivity index (χ4n) is 2.60. The maximum atomic E-state index is 10.9. The van der Waals surface area contributed by atoms with Gasteiger partial charge in [0.25, 0.3) is 0 Å². The Hall–Kier alpha value is -2.81. The van der Waals surface area contributed by atoms with Crippen molar-refractivity contribution in [2.75, 3.05) is 0 Å². The second kappa shape index (κ2) is 5.90. The molecule has 6 nitrogen and oxygen atoms in total. The summed E-state index contributed by atoms with van der Waals surface area (Å²) in [6.45, 7) is 7.31. The molecule has 3 rings (SSSR count). The Balaban J connectivity index is 1.87. The lowest BCUT2D eigenvalue weighted by atomic mass is 10.2. The molecular formula is C16H15N3O3. The van der Waals surface area contributed by atoms with Gasteiger partial charge in [-0.3, -0.25) is 0 Å². The lowest BCUT2D eigenvalue weighted by Gasteiger charge is -2.15. The van der Waals surface area contributed by atoms with Crippen LogP contribution in [0.1, 0.15) is 36.0 Å². The van der Waals surface area contributed by atoms with Crippen molar-refractivity contribution in [3.05, 3.63) is 47.6 Å². The maximum Gasteiger partial charge on any atom is 0.338 e. The summed E-state index contributed by atoms with van der Waals surface area (Å²) in [6.07, 6.45) is 7.28. The van der Waals surface area contributed by atoms with Crippen molar-refractivity contribution in [2.45, 2.75) is 31.8 Å². The van der Waals surface area contributed by atoms with Crippen molar-refractivity contribution in [3.8, 4) is 11.4 Å². The number of hydrogen-bond donors (Lipinski definition) is 1. The van der Waals surface area contributed by atoms with Gasteiger partial charge < -0.3 is 9.84 Å². The topological polar surface area (TPSA) is 68.7 Å². The average Bonchev–Trinajstić information content (AvgIpc) is 3.18. The molecule has 6 heteroatoms. The first-order valence-electron chi connectivity index (χ1n) is 7.14. The smallest absolute Gasteiger partial charge is 0.338 e. The van der Waals surface area contributed by atoms with Gasteiger partial charge in [0.05, 0.1) is 30.1 Å². The number of aromatic carboxylic acids is 1. The highest BCUT2D eigenvalue weighted by Gasteiger charge is 2.18. The summed E-state index contributed by atoms with van der Waals surface area (Å²) in [7, 11) is 0. The molecule has 0 saturated heterocycles. The van der Waals surface area contributed by atoms with E-state index < -0.39 is 5.97 Å². The second-order valence-electron chi connectivity index (χ2n) is 5.27. The number of ether oxygens (including phenoxy) is 1. The van der Waals surface area contributed by atoms with Gasteiger partial charge in [-0.15, -0.1) is 0 Å². The van der Waals surface area contributed by atoms with Crippen LogP contribution < -0.4 is 4.74 Å². The molecule has 1 aliphatic carbocycles. The van der Waals surface area contributed by atoms with E-state index in [0.717, 1.165) is 12.8 Å². The zero-order chi connectivity index (χ0) is 15.5. The molecule has 0 unspecified atom stereocenters. The highest BCUT2D eigenvalue weighted by atomic mass is 16.5. The van der Waals surface area contributed by atoms with Gasteiger partial charge in [0, 0.05) is 6.20 Å². The standard InChI is InChI=1S/C16H15N3O3/c1-17-14-8-12(19-10-11(9-18-19)16(20)21)6-7-15(14)22-13-4-2-3-5-13/h6-10,13H,2-5H2,(H,20,21). The summed E-state index contributed by atoms with van der Waals surface area (Å²) in [4.78, 5) is 14.4. The minimum Gasteiger partial charge on any atom is -0.501 e. The average molecular weight is 297 g/mol. The van der Waals surface area contributed by atoms with Crippen molar-refractivity contribution in [2.24, 2.45) is 0 Å². The van der Waals surface area contributed by atoms with Crippen molar-refractivity contribution in [1.29, 1.82) is 0 Å². The van der Waals surface area contributed by atoms with Crippen molar-refractivity contribution in [1.82, 2.24) is 9.78 Å². The Kier molecular flexibility index (Phi) is 3.79. The minimum absolute atomic E-state index is 0.107. The van der Waals surface area contributed by atoms with Crippen LogP contribution >= 0.6 is 0 Å². The number of carboxylic acids is 1. The summed E-state index contributed by atoms with van der Waals surface area (Å²) in [5, 5.41) is 12.9. The summed E-state index contributed by atoms with van der Waals surface area (Å²) in [6, 6.07) is 5.19. The molecule has 22 heavy (non-hydrogen) atoms. The normalized spacial score (nSPS) is 14.7. The highest BCUT2D eigenvalue weighted by molar-refractivity contribution is 5.87. The van der Waals surface area contributed by atoms with Gasteiger partial charge in [0.1, 0.15) is 5.75 Å². The first-order valence-corrected chi connectivity index (χ1v) is 7.14. The van der Waals surface area contributed by atoms with E-state index in [1.165, 1.54) is 29.9 Å². The van der Waals surface area contributed by atoms with Crippen LogP contribution in [0.3, 0.4) is 0 Å². The van der Waals surface area contributed by atoms with Crippen LogP contribution in [0.25, 0.3) is 10.5 Å². The first-order chi connectivity index (χ1) is 10.7. The number of benzene rings is 1. The lowest BCUT2D eigenvalue weighted by molar-refractivity contribution is 0.0697. The van der Waals surface area contributed by atoms with Crippen LogP contribution in [0.2, 0.25) is 0 Å². The van der Waals surface area contributed by atoms with Gasteiger partial charge in [0.15, 0.2) is 0 Å². The maximum absolute atomic E-state index is 10.9. The molecule has 0 amide bonds. The van der Waals surface area contributed by atoms with Gasteiger partial charge in [-0.25, -0.2) is 14.3 Å². The molecule has 0 radical (unpaired) electrons. The predicted molar refractivity (Wildman–Crippen MR) is 79.7 cm³/mol. The van der Waals surface area contributed by atoms with Crippen molar-refractivity contribution in [3.63, 3.8) is 0 Å². The zero-order valence-electron chi connectivity index (χ0n) is 11.9. The molecule has 1 aromatic heterocycles. The molecule has 1 aliphatic rings. The molecule has 0 aliphatic heterocycles. The van der Waals surface area contributed by atoms with E-state index in [1.807, 2.05) is 0 Å². The molecular weight excluding hydrogens is 282 g/mol. The number of carbonyl (C=O) groups is 1. The number of hydrogen-bond acceptors (Lipinski definition) is 3. The van der Waals surface area contributed by atoms with Crippen LogP contribution in [0.5, 0.6) is 5.75 Å². The monoisotopic (exact) mass is 297 g/mol. The Bertz CT molecular complexity index is 739. The van der Waals surface area contributed by atoms with E-state index in [9.17, 15) is 4.79 Å². The Morgan fingerprint density at radius 2 is 2.18 bits per heavy atom. The molecule has 112 valence electrons. The molecule has 1 fully saturated rings. The van der Waals surface area contributed by atoms with Gasteiger partial charge >= 0.3 is 5.97 Å². The van der Waals surface area contributed by atoms with Crippen LogP contribution in [0, 0.1) is 6.57 Å².